The van der Waals surface area contributed by atoms with Crippen molar-refractivity contribution in [2.75, 3.05) is 13.1 Å². The molecule has 0 saturated heterocycles. The Hall–Kier alpha value is -1.61. The number of hydrogen-bond acceptors (Lipinski definition) is 2. The molecule has 0 saturated carbocycles. The molecule has 1 aromatic rings. The lowest BCUT2D eigenvalue weighted by atomic mass is 9.95. The van der Waals surface area contributed by atoms with Crippen LogP contribution in [0.2, 0.25) is 0 Å². The monoisotopic (exact) mass is 258 g/mol. The summed E-state index contributed by atoms with van der Waals surface area (Å²) < 4.78 is 0. The zero-order valence-electron chi connectivity index (χ0n) is 11.8. The fraction of sp³-hybridized carbons (Fsp3) is 0.438. The number of likely N-dealkylation sites (N-methyl/N-ethyl adjacent to an activating group) is 1. The first-order valence-corrected chi connectivity index (χ1v) is 6.85. The van der Waals surface area contributed by atoms with Gasteiger partial charge in [-0.3, -0.25) is 4.79 Å². The highest BCUT2D eigenvalue weighted by Crippen LogP contribution is 2.17. The van der Waals surface area contributed by atoms with E-state index >= 15 is 0 Å². The highest BCUT2D eigenvalue weighted by molar-refractivity contribution is 5.82. The molecule has 1 atom stereocenters. The fourth-order valence-electron chi connectivity index (χ4n) is 2.52. The van der Waals surface area contributed by atoms with E-state index in [2.05, 4.69) is 24.0 Å². The van der Waals surface area contributed by atoms with Crippen LogP contribution in [-0.2, 0) is 17.8 Å². The molecular weight excluding hydrogens is 236 g/mol. The van der Waals surface area contributed by atoms with E-state index < -0.39 is 0 Å². The predicted octanol–water partition coefficient (Wildman–Crippen LogP) is 2.13. The number of nitrogens with one attached hydrogen (secondary N) is 1. The van der Waals surface area contributed by atoms with Crippen LogP contribution in [0.15, 0.2) is 36.4 Å². The third-order valence-corrected chi connectivity index (χ3v) is 3.53. The first-order valence-electron chi connectivity index (χ1n) is 6.85. The third-order valence-electron chi connectivity index (χ3n) is 3.53. The Morgan fingerprint density at radius 3 is 2.74 bits per heavy atom. The van der Waals surface area contributed by atoms with E-state index in [9.17, 15) is 4.79 Å². The summed E-state index contributed by atoms with van der Waals surface area (Å²) in [4.78, 5) is 14.4. The summed E-state index contributed by atoms with van der Waals surface area (Å²) in [5, 5.41) is 3.34. The van der Waals surface area contributed by atoms with E-state index in [1.54, 1.807) is 0 Å². The van der Waals surface area contributed by atoms with E-state index in [4.69, 9.17) is 0 Å². The lowest BCUT2D eigenvalue weighted by Crippen LogP contribution is -2.49. The first kappa shape index (κ1) is 13.8. The van der Waals surface area contributed by atoms with Gasteiger partial charge in [-0.05, 0) is 31.4 Å². The Labute approximate surface area is 115 Å². The summed E-state index contributed by atoms with van der Waals surface area (Å²) in [5.41, 5.74) is 3.60. The van der Waals surface area contributed by atoms with Crippen LogP contribution in [0, 0.1) is 0 Å². The number of benzene rings is 1. The molecule has 1 amide bonds. The minimum absolute atomic E-state index is 0.103. The van der Waals surface area contributed by atoms with Gasteiger partial charge in [0.25, 0.3) is 0 Å². The van der Waals surface area contributed by atoms with E-state index in [1.165, 1.54) is 11.1 Å². The van der Waals surface area contributed by atoms with E-state index in [1.807, 2.05) is 30.9 Å². The molecule has 1 aromatic carbocycles. The largest absolute Gasteiger partial charge is 0.338 e. The Bertz CT molecular complexity index is 481. The fourth-order valence-corrected chi connectivity index (χ4v) is 2.52. The topological polar surface area (TPSA) is 32.3 Å². The maximum atomic E-state index is 12.5. The second-order valence-corrected chi connectivity index (χ2v) is 5.22. The number of amides is 1. The molecule has 19 heavy (non-hydrogen) atoms. The number of nitrogens with zero attached hydrogens (tertiary/aromatic N) is 1. The molecule has 3 heteroatoms. The number of carbonyl (C=O) groups is 1. The Morgan fingerprint density at radius 2 is 2.11 bits per heavy atom. The van der Waals surface area contributed by atoms with Crippen molar-refractivity contribution in [1.82, 2.24) is 10.2 Å². The minimum atomic E-state index is -0.103. The molecule has 1 aliphatic heterocycles. The number of carbonyl (C=O) groups excluding carboxylic acids is 1. The van der Waals surface area contributed by atoms with Gasteiger partial charge >= 0.3 is 0 Å². The van der Waals surface area contributed by atoms with Gasteiger partial charge in [0.2, 0.25) is 5.91 Å². The van der Waals surface area contributed by atoms with Gasteiger partial charge in [-0.15, -0.1) is 0 Å². The van der Waals surface area contributed by atoms with Gasteiger partial charge < -0.3 is 10.2 Å². The van der Waals surface area contributed by atoms with Gasteiger partial charge in [0, 0.05) is 19.6 Å². The Morgan fingerprint density at radius 1 is 1.42 bits per heavy atom. The molecule has 2 rings (SSSR count). The van der Waals surface area contributed by atoms with Crippen LogP contribution in [0.5, 0.6) is 0 Å². The summed E-state index contributed by atoms with van der Waals surface area (Å²) in [5.74, 6) is 0.181. The number of fused-ring (bicyclic) bond motifs is 1. The standard InChI is InChI=1S/C16H22N2O/c1-4-18(11-12(2)3)16(19)15-9-13-7-5-6-8-14(13)10-17-15/h5-8,15,17H,2,4,9-11H2,1,3H3/t15-/m1/s1. The van der Waals surface area contributed by atoms with Crippen LogP contribution < -0.4 is 5.32 Å². The molecule has 0 aromatic heterocycles. The van der Waals surface area contributed by atoms with Crippen LogP contribution in [-0.4, -0.2) is 29.9 Å². The van der Waals surface area contributed by atoms with E-state index in [-0.39, 0.29) is 11.9 Å². The van der Waals surface area contributed by atoms with Gasteiger partial charge in [0.1, 0.15) is 0 Å². The van der Waals surface area contributed by atoms with Crippen molar-refractivity contribution < 1.29 is 4.79 Å². The van der Waals surface area contributed by atoms with E-state index in [0.717, 1.165) is 25.1 Å². The Balaban J connectivity index is 2.07. The average Bonchev–Trinajstić information content (AvgIpc) is 2.43. The van der Waals surface area contributed by atoms with Crippen LogP contribution in [0.25, 0.3) is 0 Å². The highest BCUT2D eigenvalue weighted by atomic mass is 16.2. The van der Waals surface area contributed by atoms with Crippen LogP contribution in [0.4, 0.5) is 0 Å². The van der Waals surface area contributed by atoms with Crippen molar-refractivity contribution in [2.24, 2.45) is 0 Å². The van der Waals surface area contributed by atoms with Gasteiger partial charge in [0.15, 0.2) is 0 Å². The molecule has 0 unspecified atom stereocenters. The molecule has 0 spiro atoms. The quantitative estimate of drug-likeness (QED) is 0.839. The Kier molecular flexibility index (Phi) is 4.38. The van der Waals surface area contributed by atoms with Gasteiger partial charge in [0.05, 0.1) is 6.04 Å². The van der Waals surface area contributed by atoms with E-state index in [0.29, 0.717) is 6.54 Å². The molecule has 0 fully saturated rings. The molecule has 1 heterocycles. The summed E-state index contributed by atoms with van der Waals surface area (Å²) in [6, 6.07) is 8.22. The number of rotatable bonds is 4. The second-order valence-electron chi connectivity index (χ2n) is 5.22. The van der Waals surface area contributed by atoms with Gasteiger partial charge in [-0.2, -0.15) is 0 Å². The van der Waals surface area contributed by atoms with Crippen molar-refractivity contribution in [3.8, 4) is 0 Å². The lowest BCUT2D eigenvalue weighted by Gasteiger charge is -2.30. The van der Waals surface area contributed by atoms with Gasteiger partial charge in [-0.25, -0.2) is 0 Å². The zero-order valence-corrected chi connectivity index (χ0v) is 11.8. The molecule has 3 nitrogen and oxygen atoms in total. The normalized spacial score (nSPS) is 17.7. The molecule has 1 aliphatic rings. The minimum Gasteiger partial charge on any atom is -0.338 e. The number of hydrogen-bond donors (Lipinski definition) is 1. The smallest absolute Gasteiger partial charge is 0.240 e. The van der Waals surface area contributed by atoms with Crippen LogP contribution >= 0.6 is 0 Å². The van der Waals surface area contributed by atoms with Crippen LogP contribution in [0.1, 0.15) is 25.0 Å². The lowest BCUT2D eigenvalue weighted by molar-refractivity contribution is -0.133. The van der Waals surface area contributed by atoms with Crippen LogP contribution in [0.3, 0.4) is 0 Å². The molecule has 0 radical (unpaired) electrons. The zero-order chi connectivity index (χ0) is 13.8. The molecule has 0 aliphatic carbocycles. The summed E-state index contributed by atoms with van der Waals surface area (Å²) in [7, 11) is 0. The maximum Gasteiger partial charge on any atom is 0.240 e. The first-order chi connectivity index (χ1) is 9.11. The third kappa shape index (κ3) is 3.24. The second kappa shape index (κ2) is 6.02. The summed E-state index contributed by atoms with van der Waals surface area (Å²) in [6.45, 7) is 10.0. The molecular formula is C16H22N2O. The summed E-state index contributed by atoms with van der Waals surface area (Å²) >= 11 is 0. The SMILES string of the molecule is C=C(C)CN(CC)C(=O)[C@H]1Cc2ccccc2CN1. The van der Waals surface area contributed by atoms with Gasteiger partial charge in [-0.1, -0.05) is 36.4 Å². The molecule has 102 valence electrons. The maximum absolute atomic E-state index is 12.5. The van der Waals surface area contributed by atoms with Crippen molar-refractivity contribution >= 4 is 5.91 Å². The van der Waals surface area contributed by atoms with Crippen molar-refractivity contribution in [1.29, 1.82) is 0 Å². The van der Waals surface area contributed by atoms with Crippen molar-refractivity contribution in [2.45, 2.75) is 32.9 Å². The molecule has 0 bridgehead atoms. The highest BCUT2D eigenvalue weighted by Gasteiger charge is 2.27. The molecule has 1 N–H and O–H groups in total. The van der Waals surface area contributed by atoms with Crippen molar-refractivity contribution in [3.63, 3.8) is 0 Å². The summed E-state index contributed by atoms with van der Waals surface area (Å²) in [6.07, 6.45) is 0.779. The van der Waals surface area contributed by atoms with Crippen molar-refractivity contribution in [3.05, 3.63) is 47.5 Å². The average molecular weight is 258 g/mol. The predicted molar refractivity (Wildman–Crippen MR) is 77.8 cm³/mol.